The summed E-state index contributed by atoms with van der Waals surface area (Å²) in [5.74, 6) is 0.507. The van der Waals surface area contributed by atoms with Crippen LogP contribution in [0.2, 0.25) is 0 Å². The number of nitrogens with zero attached hydrogens (tertiary/aromatic N) is 2. The van der Waals surface area contributed by atoms with E-state index in [1.54, 1.807) is 4.68 Å². The summed E-state index contributed by atoms with van der Waals surface area (Å²) < 4.78 is 1.78. The average molecular weight is 371 g/mol. The Morgan fingerprint density at radius 2 is 1.71 bits per heavy atom. The van der Waals surface area contributed by atoms with Gasteiger partial charge in [0, 0.05) is 18.4 Å². The molecule has 0 bridgehead atoms. The second kappa shape index (κ2) is 7.08. The van der Waals surface area contributed by atoms with E-state index in [-0.39, 0.29) is 6.03 Å². The van der Waals surface area contributed by atoms with Gasteiger partial charge < -0.3 is 16.4 Å². The zero-order valence-electron chi connectivity index (χ0n) is 15.7. The Bertz CT molecular complexity index is 1160. The molecule has 28 heavy (non-hydrogen) atoms. The highest BCUT2D eigenvalue weighted by atomic mass is 16.2. The molecule has 1 heterocycles. The molecule has 0 spiro atoms. The van der Waals surface area contributed by atoms with E-state index >= 15 is 0 Å². The number of nitrogen functional groups attached to an aromatic ring is 1. The lowest BCUT2D eigenvalue weighted by Gasteiger charge is -2.10. The summed E-state index contributed by atoms with van der Waals surface area (Å²) in [4.78, 5) is 12.3. The summed E-state index contributed by atoms with van der Waals surface area (Å²) in [7, 11) is 1.88. The molecule has 0 aliphatic rings. The number of aromatic nitrogens is 2. The number of carbonyl (C=O) groups excluding carboxylic acids is 1. The van der Waals surface area contributed by atoms with Crippen LogP contribution < -0.4 is 16.4 Å². The van der Waals surface area contributed by atoms with Gasteiger partial charge in [-0.3, -0.25) is 4.68 Å². The SMILES string of the molecule is Cc1ccccc1NC(=O)Nc1ccc(-c2cccc3c2c(N)nn3C)cc1. The summed E-state index contributed by atoms with van der Waals surface area (Å²) in [6, 6.07) is 21.1. The lowest BCUT2D eigenvalue weighted by Crippen LogP contribution is -2.19. The van der Waals surface area contributed by atoms with Gasteiger partial charge in [0.1, 0.15) is 0 Å². The molecule has 0 atom stereocenters. The highest BCUT2D eigenvalue weighted by Crippen LogP contribution is 2.32. The van der Waals surface area contributed by atoms with Crippen LogP contribution in [0.1, 0.15) is 5.56 Å². The fourth-order valence-corrected chi connectivity index (χ4v) is 3.32. The minimum absolute atomic E-state index is 0.277. The van der Waals surface area contributed by atoms with E-state index in [0.717, 1.165) is 33.3 Å². The number of carbonyl (C=O) groups is 1. The Kier molecular flexibility index (Phi) is 4.45. The van der Waals surface area contributed by atoms with Crippen molar-refractivity contribution >= 4 is 34.1 Å². The monoisotopic (exact) mass is 371 g/mol. The Balaban J connectivity index is 1.55. The molecule has 0 fully saturated rings. The zero-order chi connectivity index (χ0) is 19.7. The van der Waals surface area contributed by atoms with Crippen LogP contribution in [0.25, 0.3) is 22.0 Å². The fraction of sp³-hybridized carbons (Fsp3) is 0.0909. The van der Waals surface area contributed by atoms with Crippen molar-refractivity contribution in [2.45, 2.75) is 6.92 Å². The fourth-order valence-electron chi connectivity index (χ4n) is 3.32. The second-order valence-corrected chi connectivity index (χ2v) is 6.68. The quantitative estimate of drug-likeness (QED) is 0.485. The van der Waals surface area contributed by atoms with E-state index in [9.17, 15) is 4.79 Å². The standard InChI is InChI=1S/C22H21N5O/c1-14-6-3-4-8-18(14)25-22(28)24-16-12-10-15(11-13-16)17-7-5-9-19-20(17)21(23)26-27(19)2/h3-13H,1-2H3,(H2,23,26)(H2,24,25,28). The Labute approximate surface area is 163 Å². The summed E-state index contributed by atoms with van der Waals surface area (Å²) >= 11 is 0. The maximum Gasteiger partial charge on any atom is 0.323 e. The van der Waals surface area contributed by atoms with Crippen molar-refractivity contribution in [2.75, 3.05) is 16.4 Å². The molecule has 1 aromatic heterocycles. The number of nitrogens with two attached hydrogens (primary N) is 1. The number of para-hydroxylation sites is 1. The van der Waals surface area contributed by atoms with Crippen molar-refractivity contribution in [3.63, 3.8) is 0 Å². The van der Waals surface area contributed by atoms with Gasteiger partial charge in [-0.1, -0.05) is 42.5 Å². The molecule has 4 rings (SSSR count). The van der Waals surface area contributed by atoms with E-state index in [4.69, 9.17) is 5.73 Å². The highest BCUT2D eigenvalue weighted by molar-refractivity contribution is 6.03. The van der Waals surface area contributed by atoms with Gasteiger partial charge in [0.25, 0.3) is 0 Å². The molecule has 0 radical (unpaired) electrons. The number of urea groups is 1. The van der Waals surface area contributed by atoms with Gasteiger partial charge in [-0.15, -0.1) is 0 Å². The Morgan fingerprint density at radius 3 is 2.46 bits per heavy atom. The van der Waals surface area contributed by atoms with Crippen LogP contribution in [0, 0.1) is 6.92 Å². The van der Waals surface area contributed by atoms with E-state index in [2.05, 4.69) is 15.7 Å². The predicted octanol–water partition coefficient (Wildman–Crippen LogP) is 4.77. The third kappa shape index (κ3) is 3.27. The molecule has 0 saturated carbocycles. The molecule has 0 aliphatic carbocycles. The highest BCUT2D eigenvalue weighted by Gasteiger charge is 2.12. The molecule has 140 valence electrons. The molecule has 3 aromatic carbocycles. The largest absolute Gasteiger partial charge is 0.382 e. The number of hydrogen-bond donors (Lipinski definition) is 3. The number of amides is 2. The maximum atomic E-state index is 12.3. The number of aryl methyl sites for hydroxylation is 2. The number of benzene rings is 3. The molecular weight excluding hydrogens is 350 g/mol. The zero-order valence-corrected chi connectivity index (χ0v) is 15.7. The van der Waals surface area contributed by atoms with Gasteiger partial charge in [-0.05, 0) is 47.9 Å². The molecule has 4 aromatic rings. The average Bonchev–Trinajstić information content (AvgIpc) is 2.98. The smallest absolute Gasteiger partial charge is 0.323 e. The van der Waals surface area contributed by atoms with E-state index in [0.29, 0.717) is 11.5 Å². The summed E-state index contributed by atoms with van der Waals surface area (Å²) in [6.45, 7) is 1.95. The lowest BCUT2D eigenvalue weighted by molar-refractivity contribution is 0.262. The van der Waals surface area contributed by atoms with Crippen molar-refractivity contribution in [3.05, 3.63) is 72.3 Å². The second-order valence-electron chi connectivity index (χ2n) is 6.68. The normalized spacial score (nSPS) is 10.8. The minimum atomic E-state index is -0.277. The first-order valence-corrected chi connectivity index (χ1v) is 8.98. The van der Waals surface area contributed by atoms with Gasteiger partial charge in [0.2, 0.25) is 0 Å². The van der Waals surface area contributed by atoms with Crippen LogP contribution >= 0.6 is 0 Å². The van der Waals surface area contributed by atoms with Crippen LogP contribution in [0.15, 0.2) is 66.7 Å². The number of anilines is 3. The third-order valence-corrected chi connectivity index (χ3v) is 4.75. The van der Waals surface area contributed by atoms with E-state index < -0.39 is 0 Å². The number of nitrogens with one attached hydrogen (secondary N) is 2. The number of fused-ring (bicyclic) bond motifs is 1. The van der Waals surface area contributed by atoms with Crippen molar-refractivity contribution in [1.82, 2.24) is 9.78 Å². The van der Waals surface area contributed by atoms with Crippen LogP contribution in [0.3, 0.4) is 0 Å². The van der Waals surface area contributed by atoms with Crippen LogP contribution in [-0.2, 0) is 7.05 Å². The molecule has 0 saturated heterocycles. The van der Waals surface area contributed by atoms with Crippen molar-refractivity contribution in [2.24, 2.45) is 7.05 Å². The predicted molar refractivity (Wildman–Crippen MR) is 114 cm³/mol. The first kappa shape index (κ1) is 17.6. The summed E-state index contributed by atoms with van der Waals surface area (Å²) in [5, 5.41) is 11.0. The minimum Gasteiger partial charge on any atom is -0.382 e. The summed E-state index contributed by atoms with van der Waals surface area (Å²) in [5.41, 5.74) is 11.6. The number of hydrogen-bond acceptors (Lipinski definition) is 3. The molecule has 4 N–H and O–H groups in total. The topological polar surface area (TPSA) is 85.0 Å². The molecule has 0 unspecified atom stereocenters. The molecule has 0 aliphatic heterocycles. The van der Waals surface area contributed by atoms with Crippen molar-refractivity contribution in [1.29, 1.82) is 0 Å². The molecule has 2 amide bonds. The number of rotatable bonds is 3. The lowest BCUT2D eigenvalue weighted by atomic mass is 10.0. The first-order valence-electron chi connectivity index (χ1n) is 8.98. The van der Waals surface area contributed by atoms with Gasteiger partial charge in [0.05, 0.1) is 10.9 Å². The maximum absolute atomic E-state index is 12.3. The molecular formula is C22H21N5O. The van der Waals surface area contributed by atoms with Gasteiger partial charge in [-0.25, -0.2) is 4.79 Å². The van der Waals surface area contributed by atoms with Crippen LogP contribution in [0.5, 0.6) is 0 Å². The van der Waals surface area contributed by atoms with Crippen LogP contribution in [-0.4, -0.2) is 15.8 Å². The van der Waals surface area contributed by atoms with E-state index in [1.165, 1.54) is 0 Å². The molecule has 6 heteroatoms. The van der Waals surface area contributed by atoms with Gasteiger partial charge in [-0.2, -0.15) is 5.10 Å². The van der Waals surface area contributed by atoms with E-state index in [1.807, 2.05) is 80.7 Å². The first-order chi connectivity index (χ1) is 13.5. The Morgan fingerprint density at radius 1 is 0.964 bits per heavy atom. The van der Waals surface area contributed by atoms with Crippen molar-refractivity contribution < 1.29 is 4.79 Å². The Hall–Kier alpha value is -3.80. The summed E-state index contributed by atoms with van der Waals surface area (Å²) in [6.07, 6.45) is 0. The van der Waals surface area contributed by atoms with Crippen molar-refractivity contribution in [3.8, 4) is 11.1 Å². The third-order valence-electron chi connectivity index (χ3n) is 4.75. The van der Waals surface area contributed by atoms with Crippen LogP contribution in [0.4, 0.5) is 22.0 Å². The molecule has 6 nitrogen and oxygen atoms in total. The van der Waals surface area contributed by atoms with Gasteiger partial charge in [0.15, 0.2) is 5.82 Å². The van der Waals surface area contributed by atoms with Gasteiger partial charge >= 0.3 is 6.03 Å².